The SMILES string of the molecule is CN(c1ccc(CNc2cc(N3CCCC3CO)ncn2)cc1)C1CCCCC1. The highest BCUT2D eigenvalue weighted by Gasteiger charge is 2.25. The first kappa shape index (κ1) is 20.0. The van der Waals surface area contributed by atoms with Crippen molar-refractivity contribution in [3.05, 3.63) is 42.2 Å². The van der Waals surface area contributed by atoms with Gasteiger partial charge in [-0.3, -0.25) is 0 Å². The molecule has 2 aromatic rings. The number of rotatable bonds is 7. The van der Waals surface area contributed by atoms with E-state index >= 15 is 0 Å². The van der Waals surface area contributed by atoms with Crippen LogP contribution in [0.5, 0.6) is 0 Å². The lowest BCUT2D eigenvalue weighted by Crippen LogP contribution is -2.33. The van der Waals surface area contributed by atoms with Gasteiger partial charge in [0, 0.05) is 37.9 Å². The Kier molecular flexibility index (Phi) is 6.49. The molecule has 4 rings (SSSR count). The standard InChI is InChI=1S/C23H33N5O/c1-27(19-6-3-2-4-7-19)20-11-9-18(10-12-20)15-24-22-14-23(26-17-25-22)28-13-5-8-21(28)16-29/h9-12,14,17,19,21,29H,2-8,13,15-16H2,1H3,(H,24,25,26). The van der Waals surface area contributed by atoms with Gasteiger partial charge in [0.15, 0.2) is 0 Å². The van der Waals surface area contributed by atoms with Crippen molar-refractivity contribution in [3.63, 3.8) is 0 Å². The van der Waals surface area contributed by atoms with Crippen LogP contribution in [-0.4, -0.2) is 47.4 Å². The number of hydrogen-bond donors (Lipinski definition) is 2. The minimum absolute atomic E-state index is 0.173. The summed E-state index contributed by atoms with van der Waals surface area (Å²) in [5.41, 5.74) is 2.54. The second kappa shape index (κ2) is 9.44. The van der Waals surface area contributed by atoms with Crippen LogP contribution < -0.4 is 15.1 Å². The summed E-state index contributed by atoms with van der Waals surface area (Å²) in [5, 5.41) is 13.0. The maximum absolute atomic E-state index is 9.56. The predicted molar refractivity (Wildman–Crippen MR) is 119 cm³/mol. The molecule has 1 aromatic carbocycles. The molecule has 2 heterocycles. The molecule has 1 saturated carbocycles. The van der Waals surface area contributed by atoms with E-state index in [-0.39, 0.29) is 12.6 Å². The summed E-state index contributed by atoms with van der Waals surface area (Å²) in [5.74, 6) is 1.71. The first-order chi connectivity index (χ1) is 14.2. The number of nitrogens with zero attached hydrogens (tertiary/aromatic N) is 4. The van der Waals surface area contributed by atoms with Crippen LogP contribution in [0.2, 0.25) is 0 Å². The molecule has 2 fully saturated rings. The van der Waals surface area contributed by atoms with Crippen LogP contribution in [0.25, 0.3) is 0 Å². The molecule has 156 valence electrons. The predicted octanol–water partition coefficient (Wildman–Crippen LogP) is 3.82. The van der Waals surface area contributed by atoms with Crippen LogP contribution in [0.1, 0.15) is 50.5 Å². The van der Waals surface area contributed by atoms with Gasteiger partial charge < -0.3 is 20.2 Å². The van der Waals surface area contributed by atoms with Crippen LogP contribution in [-0.2, 0) is 6.54 Å². The van der Waals surface area contributed by atoms with Gasteiger partial charge in [0.2, 0.25) is 0 Å². The van der Waals surface area contributed by atoms with E-state index in [2.05, 4.69) is 56.4 Å². The molecule has 0 amide bonds. The molecular weight excluding hydrogens is 362 g/mol. The number of nitrogens with one attached hydrogen (secondary N) is 1. The molecule has 0 spiro atoms. The van der Waals surface area contributed by atoms with Gasteiger partial charge in [0.1, 0.15) is 18.0 Å². The minimum atomic E-state index is 0.173. The first-order valence-corrected chi connectivity index (χ1v) is 11.0. The highest BCUT2D eigenvalue weighted by Crippen LogP contribution is 2.27. The fraction of sp³-hybridized carbons (Fsp3) is 0.565. The second-order valence-electron chi connectivity index (χ2n) is 8.36. The van der Waals surface area contributed by atoms with Gasteiger partial charge in [-0.15, -0.1) is 0 Å². The van der Waals surface area contributed by atoms with E-state index in [1.165, 1.54) is 43.4 Å². The number of aliphatic hydroxyl groups excluding tert-OH is 1. The fourth-order valence-electron chi connectivity index (χ4n) is 4.65. The molecule has 1 aliphatic carbocycles. The molecule has 0 bridgehead atoms. The molecule has 1 saturated heterocycles. The van der Waals surface area contributed by atoms with Gasteiger partial charge in [-0.25, -0.2) is 9.97 Å². The van der Waals surface area contributed by atoms with Crippen molar-refractivity contribution < 1.29 is 5.11 Å². The molecule has 2 N–H and O–H groups in total. The van der Waals surface area contributed by atoms with Gasteiger partial charge in [0.05, 0.1) is 12.6 Å². The summed E-state index contributed by atoms with van der Waals surface area (Å²) >= 11 is 0. The topological polar surface area (TPSA) is 64.5 Å². The Balaban J connectivity index is 1.35. The number of benzene rings is 1. The summed E-state index contributed by atoms with van der Waals surface area (Å²) < 4.78 is 0. The molecule has 1 unspecified atom stereocenters. The lowest BCUT2D eigenvalue weighted by Gasteiger charge is -2.33. The Bertz CT molecular complexity index is 775. The molecule has 2 aliphatic rings. The Labute approximate surface area is 174 Å². The fourth-order valence-corrected chi connectivity index (χ4v) is 4.65. The largest absolute Gasteiger partial charge is 0.394 e. The van der Waals surface area contributed by atoms with Crippen molar-refractivity contribution in [3.8, 4) is 0 Å². The zero-order chi connectivity index (χ0) is 20.1. The summed E-state index contributed by atoms with van der Waals surface area (Å²) in [6.45, 7) is 1.85. The maximum atomic E-state index is 9.56. The van der Waals surface area contributed by atoms with E-state index in [4.69, 9.17) is 0 Å². The van der Waals surface area contributed by atoms with E-state index in [9.17, 15) is 5.11 Å². The summed E-state index contributed by atoms with van der Waals surface area (Å²) in [6.07, 6.45) is 10.4. The first-order valence-electron chi connectivity index (χ1n) is 11.0. The van der Waals surface area contributed by atoms with Crippen molar-refractivity contribution in [2.24, 2.45) is 0 Å². The third kappa shape index (κ3) is 4.81. The molecule has 29 heavy (non-hydrogen) atoms. The molecule has 6 nitrogen and oxygen atoms in total. The van der Waals surface area contributed by atoms with Gasteiger partial charge in [0.25, 0.3) is 0 Å². The van der Waals surface area contributed by atoms with Gasteiger partial charge in [-0.1, -0.05) is 31.4 Å². The van der Waals surface area contributed by atoms with Crippen molar-refractivity contribution >= 4 is 17.3 Å². The molecule has 1 aromatic heterocycles. The average molecular weight is 396 g/mol. The van der Waals surface area contributed by atoms with E-state index < -0.39 is 0 Å². The number of aliphatic hydroxyl groups is 1. The molecule has 6 heteroatoms. The highest BCUT2D eigenvalue weighted by molar-refractivity contribution is 5.51. The van der Waals surface area contributed by atoms with E-state index in [0.29, 0.717) is 6.04 Å². The Morgan fingerprint density at radius 1 is 1.07 bits per heavy atom. The third-order valence-electron chi connectivity index (χ3n) is 6.47. The van der Waals surface area contributed by atoms with Gasteiger partial charge >= 0.3 is 0 Å². The van der Waals surface area contributed by atoms with Gasteiger partial charge in [-0.05, 0) is 43.4 Å². The van der Waals surface area contributed by atoms with Crippen LogP contribution in [0.15, 0.2) is 36.7 Å². The normalized spacial score (nSPS) is 20.1. The lowest BCUT2D eigenvalue weighted by molar-refractivity contribution is 0.266. The summed E-state index contributed by atoms with van der Waals surface area (Å²) in [4.78, 5) is 13.4. The minimum Gasteiger partial charge on any atom is -0.394 e. The van der Waals surface area contributed by atoms with Crippen LogP contribution in [0.4, 0.5) is 17.3 Å². The van der Waals surface area contributed by atoms with E-state index in [1.807, 2.05) is 6.07 Å². The number of aromatic nitrogens is 2. The zero-order valence-corrected chi connectivity index (χ0v) is 17.4. The van der Waals surface area contributed by atoms with E-state index in [0.717, 1.165) is 37.6 Å². The van der Waals surface area contributed by atoms with Crippen molar-refractivity contribution in [1.82, 2.24) is 9.97 Å². The Morgan fingerprint density at radius 3 is 2.62 bits per heavy atom. The third-order valence-corrected chi connectivity index (χ3v) is 6.47. The van der Waals surface area contributed by atoms with Gasteiger partial charge in [-0.2, -0.15) is 0 Å². The van der Waals surface area contributed by atoms with Crippen LogP contribution in [0.3, 0.4) is 0 Å². The summed E-state index contributed by atoms with van der Waals surface area (Å²) in [6, 6.07) is 11.7. The van der Waals surface area contributed by atoms with E-state index in [1.54, 1.807) is 6.33 Å². The smallest absolute Gasteiger partial charge is 0.134 e. The second-order valence-corrected chi connectivity index (χ2v) is 8.36. The summed E-state index contributed by atoms with van der Waals surface area (Å²) in [7, 11) is 2.23. The number of hydrogen-bond acceptors (Lipinski definition) is 6. The van der Waals surface area contributed by atoms with Crippen LogP contribution >= 0.6 is 0 Å². The molecule has 0 radical (unpaired) electrons. The molecule has 1 atom stereocenters. The molecule has 1 aliphatic heterocycles. The van der Waals surface area contributed by atoms with Crippen molar-refractivity contribution in [2.45, 2.75) is 63.6 Å². The highest BCUT2D eigenvalue weighted by atomic mass is 16.3. The Hall–Kier alpha value is -2.34. The monoisotopic (exact) mass is 395 g/mol. The quantitative estimate of drug-likeness (QED) is 0.743. The maximum Gasteiger partial charge on any atom is 0.134 e. The Morgan fingerprint density at radius 2 is 1.86 bits per heavy atom. The van der Waals surface area contributed by atoms with Crippen molar-refractivity contribution in [1.29, 1.82) is 0 Å². The lowest BCUT2D eigenvalue weighted by atomic mass is 9.94. The van der Waals surface area contributed by atoms with Crippen LogP contribution in [0, 0.1) is 0 Å². The number of anilines is 3. The zero-order valence-electron chi connectivity index (χ0n) is 17.4. The molecular formula is C23H33N5O. The van der Waals surface area contributed by atoms with Crippen molar-refractivity contribution in [2.75, 3.05) is 35.3 Å². The average Bonchev–Trinajstić information content (AvgIpc) is 3.27.